The quantitative estimate of drug-likeness (QED) is 0.840. The van der Waals surface area contributed by atoms with Gasteiger partial charge in [0.25, 0.3) is 0 Å². The second-order valence-electron chi connectivity index (χ2n) is 5.62. The molecular weight excluding hydrogens is 208 g/mol. The topological polar surface area (TPSA) is 35.8 Å². The van der Waals surface area contributed by atoms with Gasteiger partial charge in [0, 0.05) is 13.1 Å². The maximum Gasteiger partial charge on any atom is 0.0697 e. The number of nitrogens with one attached hydrogen (secondary N) is 1. The smallest absolute Gasteiger partial charge is 0.0697 e. The summed E-state index contributed by atoms with van der Waals surface area (Å²) in [5.41, 5.74) is 2.51. The van der Waals surface area contributed by atoms with Crippen LogP contribution in [0, 0.1) is 16.7 Å². The Hall–Kier alpha value is -1.33. The van der Waals surface area contributed by atoms with E-state index in [4.69, 9.17) is 5.26 Å². The fraction of sp³-hybridized carbons (Fsp3) is 0.533. The highest BCUT2D eigenvalue weighted by atomic mass is 14.9. The van der Waals surface area contributed by atoms with Gasteiger partial charge in [0.05, 0.1) is 11.5 Å². The molecule has 1 saturated carbocycles. The minimum Gasteiger partial charge on any atom is -0.311 e. The summed E-state index contributed by atoms with van der Waals surface area (Å²) < 4.78 is 0. The van der Waals surface area contributed by atoms with Gasteiger partial charge in [0.15, 0.2) is 0 Å². The van der Waals surface area contributed by atoms with Gasteiger partial charge in [0.1, 0.15) is 0 Å². The highest BCUT2D eigenvalue weighted by Crippen LogP contribution is 2.40. The standard InChI is InChI=1S/C15H20N2/c1-15(2,10-16)11-17-9-12-4-3-5-14(8-12)13-6-7-13/h3-5,8,13,17H,6-7,9,11H2,1-2H3. The number of nitrogens with zero attached hydrogens (tertiary/aromatic N) is 1. The molecule has 0 aliphatic heterocycles. The molecule has 2 rings (SSSR count). The van der Waals surface area contributed by atoms with Gasteiger partial charge in [-0.25, -0.2) is 0 Å². The average Bonchev–Trinajstić information content (AvgIpc) is 3.13. The minimum absolute atomic E-state index is 0.284. The molecule has 0 atom stereocenters. The van der Waals surface area contributed by atoms with Crippen LogP contribution >= 0.6 is 0 Å². The van der Waals surface area contributed by atoms with E-state index in [0.717, 1.165) is 19.0 Å². The monoisotopic (exact) mass is 228 g/mol. The summed E-state index contributed by atoms with van der Waals surface area (Å²) in [7, 11) is 0. The molecule has 0 radical (unpaired) electrons. The summed E-state index contributed by atoms with van der Waals surface area (Å²) in [6, 6.07) is 11.1. The molecule has 0 saturated heterocycles. The average molecular weight is 228 g/mol. The molecule has 17 heavy (non-hydrogen) atoms. The second-order valence-corrected chi connectivity index (χ2v) is 5.62. The number of rotatable bonds is 5. The largest absolute Gasteiger partial charge is 0.311 e. The van der Waals surface area contributed by atoms with Crippen LogP contribution in [0.5, 0.6) is 0 Å². The lowest BCUT2D eigenvalue weighted by Crippen LogP contribution is -2.27. The van der Waals surface area contributed by atoms with Crippen molar-refractivity contribution in [1.82, 2.24) is 5.32 Å². The van der Waals surface area contributed by atoms with Crippen molar-refractivity contribution < 1.29 is 0 Å². The first kappa shape index (κ1) is 12.1. The summed E-state index contributed by atoms with van der Waals surface area (Å²) in [6.07, 6.45) is 2.69. The molecule has 1 aromatic rings. The second kappa shape index (κ2) is 4.89. The zero-order valence-electron chi connectivity index (χ0n) is 10.7. The molecule has 1 aromatic carbocycles. The van der Waals surface area contributed by atoms with E-state index < -0.39 is 0 Å². The Morgan fingerprint density at radius 1 is 1.41 bits per heavy atom. The van der Waals surface area contributed by atoms with Crippen LogP contribution in [0.15, 0.2) is 24.3 Å². The highest BCUT2D eigenvalue weighted by molar-refractivity contribution is 5.29. The Labute approximate surface area is 104 Å². The van der Waals surface area contributed by atoms with Crippen LogP contribution in [-0.4, -0.2) is 6.54 Å². The summed E-state index contributed by atoms with van der Waals surface area (Å²) in [4.78, 5) is 0. The van der Waals surface area contributed by atoms with Crippen molar-refractivity contribution in [2.75, 3.05) is 6.54 Å². The van der Waals surface area contributed by atoms with Crippen molar-refractivity contribution in [3.05, 3.63) is 35.4 Å². The van der Waals surface area contributed by atoms with Gasteiger partial charge in [-0.1, -0.05) is 24.3 Å². The Balaban J connectivity index is 1.87. The third-order valence-electron chi connectivity index (χ3n) is 3.20. The number of hydrogen-bond acceptors (Lipinski definition) is 2. The maximum absolute atomic E-state index is 8.93. The van der Waals surface area contributed by atoms with Crippen LogP contribution in [0.2, 0.25) is 0 Å². The van der Waals surface area contributed by atoms with E-state index in [-0.39, 0.29) is 5.41 Å². The first-order valence-corrected chi connectivity index (χ1v) is 6.31. The summed E-state index contributed by atoms with van der Waals surface area (Å²) in [5, 5.41) is 12.3. The van der Waals surface area contributed by atoms with Gasteiger partial charge in [-0.05, 0) is 43.7 Å². The fourth-order valence-corrected chi connectivity index (χ4v) is 1.93. The van der Waals surface area contributed by atoms with E-state index >= 15 is 0 Å². The van der Waals surface area contributed by atoms with Gasteiger partial charge in [-0.2, -0.15) is 5.26 Å². The predicted molar refractivity (Wildman–Crippen MR) is 69.5 cm³/mol. The Morgan fingerprint density at radius 3 is 2.82 bits per heavy atom. The molecular formula is C15H20N2. The van der Waals surface area contributed by atoms with Gasteiger partial charge in [0.2, 0.25) is 0 Å². The van der Waals surface area contributed by atoms with Gasteiger partial charge < -0.3 is 5.32 Å². The zero-order valence-corrected chi connectivity index (χ0v) is 10.7. The van der Waals surface area contributed by atoms with Crippen LogP contribution in [0.25, 0.3) is 0 Å². The van der Waals surface area contributed by atoms with Crippen LogP contribution in [0.4, 0.5) is 0 Å². The van der Waals surface area contributed by atoms with Crippen molar-refractivity contribution in [1.29, 1.82) is 5.26 Å². The molecule has 0 aromatic heterocycles. The molecule has 1 N–H and O–H groups in total. The molecule has 1 aliphatic carbocycles. The number of nitriles is 1. The van der Waals surface area contributed by atoms with Crippen LogP contribution in [-0.2, 0) is 6.54 Å². The summed E-state index contributed by atoms with van der Waals surface area (Å²) in [6.45, 7) is 5.50. The minimum atomic E-state index is -0.284. The maximum atomic E-state index is 8.93. The van der Waals surface area contributed by atoms with Crippen LogP contribution in [0.3, 0.4) is 0 Å². The SMILES string of the molecule is CC(C)(C#N)CNCc1cccc(C2CC2)c1. The Bertz CT molecular complexity index is 425. The fourth-order valence-electron chi connectivity index (χ4n) is 1.93. The van der Waals surface area contributed by atoms with Gasteiger partial charge in [-0.15, -0.1) is 0 Å². The molecule has 0 unspecified atom stereocenters. The Kier molecular flexibility index (Phi) is 3.49. The van der Waals surface area contributed by atoms with Crippen molar-refractivity contribution in [3.8, 4) is 6.07 Å². The predicted octanol–water partition coefficient (Wildman–Crippen LogP) is 3.20. The number of benzene rings is 1. The lowest BCUT2D eigenvalue weighted by Gasteiger charge is -2.16. The molecule has 2 heteroatoms. The van der Waals surface area contributed by atoms with Crippen LogP contribution in [0.1, 0.15) is 43.7 Å². The summed E-state index contributed by atoms with van der Waals surface area (Å²) >= 11 is 0. The van der Waals surface area contributed by atoms with Crippen molar-refractivity contribution >= 4 is 0 Å². The normalized spacial score (nSPS) is 15.6. The molecule has 0 amide bonds. The van der Waals surface area contributed by atoms with Gasteiger partial charge >= 0.3 is 0 Å². The first-order valence-electron chi connectivity index (χ1n) is 6.31. The Morgan fingerprint density at radius 2 is 2.18 bits per heavy atom. The zero-order chi connectivity index (χ0) is 12.3. The van der Waals surface area contributed by atoms with Crippen LogP contribution < -0.4 is 5.32 Å². The highest BCUT2D eigenvalue weighted by Gasteiger charge is 2.23. The van der Waals surface area contributed by atoms with Crippen molar-refractivity contribution in [2.24, 2.45) is 5.41 Å². The van der Waals surface area contributed by atoms with E-state index in [1.54, 1.807) is 0 Å². The summed E-state index contributed by atoms with van der Waals surface area (Å²) in [5.74, 6) is 0.811. The molecule has 1 fully saturated rings. The number of hydrogen-bond donors (Lipinski definition) is 1. The molecule has 1 aliphatic rings. The van der Waals surface area contributed by atoms with E-state index in [2.05, 4.69) is 35.7 Å². The molecule has 2 nitrogen and oxygen atoms in total. The van der Waals surface area contributed by atoms with E-state index in [1.165, 1.54) is 24.0 Å². The van der Waals surface area contributed by atoms with E-state index in [9.17, 15) is 0 Å². The molecule has 0 spiro atoms. The molecule has 0 bridgehead atoms. The van der Waals surface area contributed by atoms with E-state index in [0.29, 0.717) is 0 Å². The van der Waals surface area contributed by atoms with Crippen molar-refractivity contribution in [2.45, 2.75) is 39.2 Å². The molecule has 0 heterocycles. The lowest BCUT2D eigenvalue weighted by molar-refractivity contribution is 0.445. The van der Waals surface area contributed by atoms with Crippen molar-refractivity contribution in [3.63, 3.8) is 0 Å². The van der Waals surface area contributed by atoms with E-state index in [1.807, 2.05) is 13.8 Å². The molecule has 90 valence electrons. The third kappa shape index (κ3) is 3.57. The third-order valence-corrected chi connectivity index (χ3v) is 3.20. The lowest BCUT2D eigenvalue weighted by atomic mass is 9.96. The first-order chi connectivity index (χ1) is 8.11. The van der Waals surface area contributed by atoms with Gasteiger partial charge in [-0.3, -0.25) is 0 Å².